The molecule has 0 N–H and O–H groups in total. The Morgan fingerprint density at radius 2 is 1.50 bits per heavy atom. The fourth-order valence-corrected chi connectivity index (χ4v) is 7.85. The Hall–Kier alpha value is -5.53. The second-order valence-corrected chi connectivity index (χ2v) is 20.8. The molecule has 56 heavy (non-hydrogen) atoms. The molecule has 5 aromatic carbocycles. The van der Waals surface area contributed by atoms with Gasteiger partial charge in [0.15, 0.2) is 0 Å². The third-order valence-corrected chi connectivity index (χ3v) is 11.9. The third-order valence-electron chi connectivity index (χ3n) is 9.88. The summed E-state index contributed by atoms with van der Waals surface area (Å²) in [6.45, 7) is 13.6. The van der Waals surface area contributed by atoms with E-state index < -0.39 is 8.07 Å². The molecule has 0 spiro atoms. The zero-order chi connectivity index (χ0) is 38.3. The van der Waals surface area contributed by atoms with Gasteiger partial charge in [-0.3, -0.25) is 4.98 Å². The van der Waals surface area contributed by atoms with E-state index in [0.29, 0.717) is 11.3 Å². The molecule has 0 aliphatic rings. The zero-order valence-corrected chi connectivity index (χ0v) is 35.6. The van der Waals surface area contributed by atoms with E-state index in [4.69, 9.17) is 9.40 Å². The van der Waals surface area contributed by atoms with E-state index in [-0.39, 0.29) is 31.3 Å². The summed E-state index contributed by atoms with van der Waals surface area (Å²) in [4.78, 5) is 14.1. The molecule has 0 saturated carbocycles. The van der Waals surface area contributed by atoms with Crippen LogP contribution in [0.4, 0.5) is 4.39 Å². The summed E-state index contributed by atoms with van der Waals surface area (Å²) in [5.74, 6) is 0.472. The van der Waals surface area contributed by atoms with E-state index in [1.807, 2.05) is 66.9 Å². The minimum absolute atomic E-state index is 0. The van der Waals surface area contributed by atoms with E-state index >= 15 is 0 Å². The Morgan fingerprint density at radius 3 is 2.18 bits per heavy atom. The Balaban J connectivity index is 0.000000238. The molecule has 5 nitrogen and oxygen atoms in total. The van der Waals surface area contributed by atoms with Gasteiger partial charge in [-0.15, -0.1) is 54.1 Å². The summed E-state index contributed by atoms with van der Waals surface area (Å²) < 4.78 is 22.2. The molecule has 9 aromatic rings. The number of fused-ring (bicyclic) bond motifs is 4. The molecule has 0 fully saturated rings. The Kier molecular flexibility index (Phi) is 10.7. The summed E-state index contributed by atoms with van der Waals surface area (Å²) in [7, 11) is -1.23. The predicted molar refractivity (Wildman–Crippen MR) is 226 cm³/mol. The number of benzene rings is 5. The number of hydrogen-bond donors (Lipinski definition) is 0. The maximum atomic E-state index is 13.7. The van der Waals surface area contributed by atoms with Crippen LogP contribution < -0.4 is 5.19 Å². The van der Waals surface area contributed by atoms with Crippen LogP contribution in [-0.2, 0) is 25.5 Å². The van der Waals surface area contributed by atoms with Crippen LogP contribution in [0.2, 0.25) is 19.6 Å². The number of aromatic nitrogens is 4. The largest absolute Gasteiger partial charge is 0.486 e. The van der Waals surface area contributed by atoms with Crippen molar-refractivity contribution in [3.8, 4) is 39.5 Å². The fraction of sp³-hybridized carbons (Fsp3) is 0.146. The van der Waals surface area contributed by atoms with Crippen LogP contribution >= 0.6 is 0 Å². The van der Waals surface area contributed by atoms with Gasteiger partial charge in [0.25, 0.3) is 0 Å². The number of hydrogen-bond acceptors (Lipinski definition) is 4. The fourth-order valence-electron chi connectivity index (χ4n) is 6.82. The average Bonchev–Trinajstić information content (AvgIpc) is 3.77. The molecule has 0 unspecified atom stereocenters. The molecular formula is C48H41FIrN4OSi-2. The van der Waals surface area contributed by atoms with Crippen molar-refractivity contribution in [2.45, 2.75) is 45.8 Å². The molecule has 4 heterocycles. The maximum absolute atomic E-state index is 13.7. The van der Waals surface area contributed by atoms with E-state index in [0.717, 1.165) is 61.3 Å². The standard InChI is InChI=1S/C34H25FN3O.C14H16NSi.Ir/c1-34(2,3)22-13-17-24(18-14-22)38-29-10-5-4-9-28(29)37-32(38)27-8-6-7-26-30-25(21-11-15-23(35)16-12-21)19-20-36-33(30)39-31(26)27;1-16(2,3)13-9-10-14(15-11-13)12-7-5-4-6-8-12;/h4-7,9-20H,1-3H3;4-7,9-11H,1-3H3;/q2*-1;. The van der Waals surface area contributed by atoms with Crippen LogP contribution in [0.3, 0.4) is 0 Å². The van der Waals surface area contributed by atoms with Gasteiger partial charge in [0.05, 0.1) is 30.5 Å². The number of nitrogens with zero attached hydrogens (tertiary/aromatic N) is 4. The van der Waals surface area contributed by atoms with Gasteiger partial charge in [-0.2, -0.15) is 0 Å². The number of para-hydroxylation sites is 2. The van der Waals surface area contributed by atoms with Crippen molar-refractivity contribution in [1.29, 1.82) is 0 Å². The molecule has 0 bridgehead atoms. The minimum Gasteiger partial charge on any atom is -0.486 e. The van der Waals surface area contributed by atoms with Crippen molar-refractivity contribution >= 4 is 46.4 Å². The van der Waals surface area contributed by atoms with Crippen molar-refractivity contribution in [1.82, 2.24) is 19.5 Å². The molecule has 1 radical (unpaired) electrons. The number of rotatable bonds is 5. The number of pyridine rings is 2. The molecule has 0 aliphatic carbocycles. The second kappa shape index (κ2) is 15.5. The van der Waals surface area contributed by atoms with Crippen molar-refractivity contribution in [2.24, 2.45) is 0 Å². The smallest absolute Gasteiger partial charge is 0.216 e. The van der Waals surface area contributed by atoms with E-state index in [1.54, 1.807) is 18.3 Å². The maximum Gasteiger partial charge on any atom is 0.216 e. The Labute approximate surface area is 341 Å². The van der Waals surface area contributed by atoms with Gasteiger partial charge in [-0.1, -0.05) is 99.9 Å². The minimum atomic E-state index is -1.23. The van der Waals surface area contributed by atoms with Gasteiger partial charge in [0, 0.05) is 43.6 Å². The van der Waals surface area contributed by atoms with Crippen molar-refractivity contribution in [2.75, 3.05) is 0 Å². The van der Waals surface area contributed by atoms with Gasteiger partial charge in [-0.25, -0.2) is 9.37 Å². The summed E-state index contributed by atoms with van der Waals surface area (Å²) in [5, 5.41) is 3.19. The topological polar surface area (TPSA) is 56.7 Å². The first-order valence-corrected chi connectivity index (χ1v) is 22.0. The molecule has 4 aromatic heterocycles. The van der Waals surface area contributed by atoms with Crippen molar-refractivity contribution < 1.29 is 28.9 Å². The third kappa shape index (κ3) is 7.65. The monoisotopic (exact) mass is 929 g/mol. The molecule has 0 atom stereocenters. The van der Waals surface area contributed by atoms with Crippen molar-refractivity contribution in [3.63, 3.8) is 0 Å². The van der Waals surface area contributed by atoms with Crippen LogP contribution in [-0.4, -0.2) is 27.6 Å². The van der Waals surface area contributed by atoms with Gasteiger partial charge in [0.2, 0.25) is 5.71 Å². The second-order valence-electron chi connectivity index (χ2n) is 15.8. The Morgan fingerprint density at radius 1 is 0.750 bits per heavy atom. The molecular weight excluding hydrogens is 888 g/mol. The number of furan rings is 1. The van der Waals surface area contributed by atoms with Gasteiger partial charge in [0.1, 0.15) is 5.82 Å². The quantitative estimate of drug-likeness (QED) is 0.127. The first-order chi connectivity index (χ1) is 26.5. The summed E-state index contributed by atoms with van der Waals surface area (Å²) in [5.41, 5.74) is 10.1. The normalized spacial score (nSPS) is 11.7. The molecule has 0 saturated heterocycles. The SMILES string of the molecule is CC(C)(C)c1ccc(-n2c(-c3[c-]ccc4c3oc3nccc(-c5ccc(F)cc5)c34)nc3ccccc32)cc1.C[Si](C)(C)c1ccc(-c2[c-]cccc2)nc1.[Ir]. The summed E-state index contributed by atoms with van der Waals surface area (Å²) in [6, 6.07) is 47.9. The van der Waals surface area contributed by atoms with Gasteiger partial charge in [-0.05, 0) is 75.5 Å². The summed E-state index contributed by atoms with van der Waals surface area (Å²) in [6.07, 6.45) is 3.74. The van der Waals surface area contributed by atoms with E-state index in [9.17, 15) is 4.39 Å². The number of halogens is 1. The van der Waals surface area contributed by atoms with Crippen molar-refractivity contribution in [3.05, 3.63) is 163 Å². The van der Waals surface area contributed by atoms with Crippen LogP contribution in [0.1, 0.15) is 26.3 Å². The van der Waals surface area contributed by atoms with Gasteiger partial charge >= 0.3 is 0 Å². The summed E-state index contributed by atoms with van der Waals surface area (Å²) >= 11 is 0. The van der Waals surface area contributed by atoms with Crippen LogP contribution in [0.25, 0.3) is 72.6 Å². The molecule has 0 amide bonds. The molecule has 9 rings (SSSR count). The predicted octanol–water partition coefficient (Wildman–Crippen LogP) is 12.0. The average molecular weight is 929 g/mol. The van der Waals surface area contributed by atoms with E-state index in [1.165, 1.54) is 22.9 Å². The van der Waals surface area contributed by atoms with E-state index in [2.05, 4.69) is 110 Å². The Bertz CT molecular complexity index is 2760. The molecule has 8 heteroatoms. The van der Waals surface area contributed by atoms with Crippen LogP contribution in [0.15, 0.2) is 144 Å². The molecule has 0 aliphatic heterocycles. The first kappa shape index (κ1) is 38.7. The number of imidazole rings is 1. The molecule has 281 valence electrons. The van der Waals surface area contributed by atoms with Crippen LogP contribution in [0, 0.1) is 17.9 Å². The van der Waals surface area contributed by atoms with Gasteiger partial charge < -0.3 is 14.0 Å². The zero-order valence-electron chi connectivity index (χ0n) is 32.2. The van der Waals surface area contributed by atoms with Crippen LogP contribution in [0.5, 0.6) is 0 Å². The first-order valence-electron chi connectivity index (χ1n) is 18.5.